The molecule has 0 aliphatic rings. The molecule has 0 bridgehead atoms. The van der Waals surface area contributed by atoms with Gasteiger partial charge in [0.15, 0.2) is 0 Å². The summed E-state index contributed by atoms with van der Waals surface area (Å²) < 4.78 is 26.7. The maximum Gasteiger partial charge on any atom is 0.269 e. The Morgan fingerprint density at radius 2 is 2.21 bits per heavy atom. The minimum absolute atomic E-state index is 0.0386. The molecule has 1 amide bonds. The molecule has 5 nitrogen and oxygen atoms in total. The summed E-state index contributed by atoms with van der Waals surface area (Å²) in [5.74, 6) is -0.609. The fraction of sp³-hybridized carbons (Fsp3) is 0.625. The highest BCUT2D eigenvalue weighted by Gasteiger charge is 2.10. The lowest BCUT2D eigenvalue weighted by molar-refractivity contribution is -0.116. The Kier molecular flexibility index (Phi) is 6.14. The molecule has 0 aliphatic heterocycles. The lowest BCUT2D eigenvalue weighted by Gasteiger charge is -2.04. The van der Waals surface area contributed by atoms with Crippen molar-refractivity contribution < 1.29 is 17.4 Å². The Morgan fingerprint density at radius 1 is 1.57 bits per heavy atom. The molecule has 0 saturated carbocycles. The van der Waals surface area contributed by atoms with Crippen molar-refractivity contribution in [3.05, 3.63) is 12.7 Å². The van der Waals surface area contributed by atoms with Crippen molar-refractivity contribution >= 4 is 16.0 Å². The first-order valence-corrected chi connectivity index (χ1v) is 5.87. The Balaban J connectivity index is 3.76. The van der Waals surface area contributed by atoms with E-state index in [2.05, 4.69) is 16.1 Å². The van der Waals surface area contributed by atoms with E-state index in [0.29, 0.717) is 6.42 Å². The second-order valence-electron chi connectivity index (χ2n) is 2.58. The third kappa shape index (κ3) is 6.62. The maximum absolute atomic E-state index is 11.1. The quantitative estimate of drug-likeness (QED) is 0.487. The number of carbonyl (C=O) groups is 1. The zero-order chi connectivity index (χ0) is 11.0. The van der Waals surface area contributed by atoms with Gasteiger partial charge in [0, 0.05) is 6.54 Å². The summed E-state index contributed by atoms with van der Waals surface area (Å²) in [6.07, 6.45) is 1.72. The monoisotopic (exact) mass is 221 g/mol. The Labute approximate surface area is 84.3 Å². The van der Waals surface area contributed by atoms with Crippen molar-refractivity contribution in [3.8, 4) is 0 Å². The van der Waals surface area contributed by atoms with Gasteiger partial charge in [-0.3, -0.25) is 8.98 Å². The summed E-state index contributed by atoms with van der Waals surface area (Å²) in [7, 11) is -3.50. The predicted molar refractivity (Wildman–Crippen MR) is 53.2 cm³/mol. The van der Waals surface area contributed by atoms with Crippen molar-refractivity contribution in [1.82, 2.24) is 5.32 Å². The summed E-state index contributed by atoms with van der Waals surface area (Å²) in [4.78, 5) is 10.6. The van der Waals surface area contributed by atoms with Gasteiger partial charge in [-0.25, -0.2) is 0 Å². The van der Waals surface area contributed by atoms with Gasteiger partial charge in [0.25, 0.3) is 10.1 Å². The van der Waals surface area contributed by atoms with Gasteiger partial charge in [0.2, 0.25) is 5.91 Å². The van der Waals surface area contributed by atoms with Crippen molar-refractivity contribution in [3.63, 3.8) is 0 Å². The molecule has 0 radical (unpaired) electrons. The Hall–Kier alpha value is -0.880. The lowest BCUT2D eigenvalue weighted by atomic mass is 10.5. The Bertz CT molecular complexity index is 284. The molecule has 14 heavy (non-hydrogen) atoms. The van der Waals surface area contributed by atoms with Crippen molar-refractivity contribution in [2.24, 2.45) is 0 Å². The molecular formula is C8H15NO4S. The summed E-state index contributed by atoms with van der Waals surface area (Å²) >= 11 is 0. The topological polar surface area (TPSA) is 72.5 Å². The van der Waals surface area contributed by atoms with Crippen LogP contribution >= 0.6 is 0 Å². The Morgan fingerprint density at radius 3 is 2.71 bits per heavy atom. The molecule has 82 valence electrons. The average Bonchev–Trinajstić information content (AvgIpc) is 2.14. The van der Waals surface area contributed by atoms with E-state index in [-0.39, 0.29) is 18.9 Å². The molecule has 0 atom stereocenters. The normalized spacial score (nSPS) is 10.9. The van der Waals surface area contributed by atoms with Gasteiger partial charge in [-0.2, -0.15) is 8.42 Å². The van der Waals surface area contributed by atoms with Crippen LogP contribution in [-0.4, -0.2) is 33.2 Å². The van der Waals surface area contributed by atoms with E-state index in [1.165, 1.54) is 0 Å². The summed E-state index contributed by atoms with van der Waals surface area (Å²) in [6.45, 7) is 5.26. The van der Waals surface area contributed by atoms with Crippen LogP contribution in [0.5, 0.6) is 0 Å². The second kappa shape index (κ2) is 6.56. The first-order valence-electron chi connectivity index (χ1n) is 4.29. The van der Waals surface area contributed by atoms with Gasteiger partial charge in [-0.1, -0.05) is 13.5 Å². The van der Waals surface area contributed by atoms with E-state index in [1.54, 1.807) is 0 Å². The van der Waals surface area contributed by atoms with Crippen molar-refractivity contribution in [1.29, 1.82) is 0 Å². The molecule has 0 spiro atoms. The van der Waals surface area contributed by atoms with Crippen LogP contribution in [0.25, 0.3) is 0 Å². The van der Waals surface area contributed by atoms with Gasteiger partial charge in [0.05, 0.1) is 12.4 Å². The summed E-state index contributed by atoms with van der Waals surface area (Å²) in [6, 6.07) is 0. The predicted octanol–water partition coefficient (Wildman–Crippen LogP) is 0.0450. The molecule has 0 aromatic carbocycles. The minimum Gasteiger partial charge on any atom is -0.351 e. The van der Waals surface area contributed by atoms with Crippen LogP contribution in [-0.2, 0) is 19.1 Å². The van der Waals surface area contributed by atoms with E-state index >= 15 is 0 Å². The van der Waals surface area contributed by atoms with Gasteiger partial charge >= 0.3 is 0 Å². The van der Waals surface area contributed by atoms with Gasteiger partial charge in [-0.15, -0.1) is 0 Å². The number of nitrogens with one attached hydrogen (secondary N) is 1. The minimum atomic E-state index is -3.50. The molecule has 0 aromatic heterocycles. The SMILES string of the molecule is C=CC(=O)NCCS(=O)(=O)OCCC. The van der Waals surface area contributed by atoms with Crippen LogP contribution in [0.3, 0.4) is 0 Å². The molecule has 0 rings (SSSR count). The van der Waals surface area contributed by atoms with E-state index < -0.39 is 16.0 Å². The molecule has 1 N–H and O–H groups in total. The molecule has 6 heteroatoms. The van der Waals surface area contributed by atoms with E-state index in [9.17, 15) is 13.2 Å². The fourth-order valence-electron chi connectivity index (χ4n) is 0.641. The van der Waals surface area contributed by atoms with Crippen LogP contribution in [0.1, 0.15) is 13.3 Å². The van der Waals surface area contributed by atoms with Crippen molar-refractivity contribution in [2.75, 3.05) is 18.9 Å². The average molecular weight is 221 g/mol. The van der Waals surface area contributed by atoms with Crippen LogP contribution in [0.4, 0.5) is 0 Å². The molecule has 0 aliphatic carbocycles. The number of carbonyl (C=O) groups excluding carboxylic acids is 1. The molecule has 0 fully saturated rings. The molecule has 0 saturated heterocycles. The van der Waals surface area contributed by atoms with Gasteiger partial charge in [0.1, 0.15) is 0 Å². The summed E-state index contributed by atoms with van der Waals surface area (Å²) in [5.41, 5.74) is 0. The molecule has 0 unspecified atom stereocenters. The smallest absolute Gasteiger partial charge is 0.269 e. The van der Waals surface area contributed by atoms with Crippen LogP contribution in [0.2, 0.25) is 0 Å². The zero-order valence-corrected chi connectivity index (χ0v) is 8.97. The first kappa shape index (κ1) is 13.1. The van der Waals surface area contributed by atoms with E-state index in [0.717, 1.165) is 6.08 Å². The first-order chi connectivity index (χ1) is 6.52. The lowest BCUT2D eigenvalue weighted by Crippen LogP contribution is -2.28. The van der Waals surface area contributed by atoms with Gasteiger partial charge < -0.3 is 5.32 Å². The molecule has 0 aromatic rings. The summed E-state index contributed by atoms with van der Waals surface area (Å²) in [5, 5.41) is 2.35. The van der Waals surface area contributed by atoms with Crippen LogP contribution < -0.4 is 5.32 Å². The third-order valence-electron chi connectivity index (χ3n) is 1.30. The number of hydrogen-bond acceptors (Lipinski definition) is 4. The van der Waals surface area contributed by atoms with Gasteiger partial charge in [-0.05, 0) is 12.5 Å². The van der Waals surface area contributed by atoms with Crippen LogP contribution in [0, 0.1) is 0 Å². The molecular weight excluding hydrogens is 206 g/mol. The van der Waals surface area contributed by atoms with Crippen LogP contribution in [0.15, 0.2) is 12.7 Å². The highest BCUT2D eigenvalue weighted by atomic mass is 32.2. The highest BCUT2D eigenvalue weighted by Crippen LogP contribution is 1.93. The maximum atomic E-state index is 11.1. The molecule has 0 heterocycles. The standard InChI is InChI=1S/C8H15NO4S/c1-3-6-13-14(11,12)7-5-9-8(10)4-2/h4H,2-3,5-7H2,1H3,(H,9,10). The third-order valence-corrected chi connectivity index (χ3v) is 2.53. The number of amides is 1. The zero-order valence-electron chi connectivity index (χ0n) is 8.15. The number of hydrogen-bond donors (Lipinski definition) is 1. The second-order valence-corrected chi connectivity index (χ2v) is 4.34. The largest absolute Gasteiger partial charge is 0.351 e. The van der Waals surface area contributed by atoms with E-state index in [1.807, 2.05) is 6.92 Å². The van der Waals surface area contributed by atoms with Crippen molar-refractivity contribution in [2.45, 2.75) is 13.3 Å². The highest BCUT2D eigenvalue weighted by molar-refractivity contribution is 7.86. The fourth-order valence-corrected chi connectivity index (χ4v) is 1.53. The van der Waals surface area contributed by atoms with E-state index in [4.69, 9.17) is 0 Å². The number of rotatable bonds is 7.